The maximum Gasteiger partial charge on any atom is 0.255 e. The van der Waals surface area contributed by atoms with Crippen LogP contribution in [0.25, 0.3) is 11.1 Å². The van der Waals surface area contributed by atoms with Crippen molar-refractivity contribution < 1.29 is 14.6 Å². The van der Waals surface area contributed by atoms with Crippen LogP contribution in [-0.4, -0.2) is 49.3 Å². The van der Waals surface area contributed by atoms with E-state index in [1.54, 1.807) is 19.2 Å². The van der Waals surface area contributed by atoms with Crippen LogP contribution in [0.1, 0.15) is 10.4 Å². The summed E-state index contributed by atoms with van der Waals surface area (Å²) in [6.07, 6.45) is -0.731. The lowest BCUT2D eigenvalue weighted by atomic mass is 10.0. The van der Waals surface area contributed by atoms with E-state index in [2.05, 4.69) is 0 Å². The minimum Gasteiger partial charge on any atom is -0.389 e. The molecule has 2 rings (SSSR count). The highest BCUT2D eigenvalue weighted by atomic mass is 35.5. The summed E-state index contributed by atoms with van der Waals surface area (Å²) in [5, 5.41) is 10.2. The molecule has 0 aliphatic carbocycles. The highest BCUT2D eigenvalue weighted by Gasteiger charge is 2.18. The molecule has 0 fully saturated rings. The van der Waals surface area contributed by atoms with E-state index >= 15 is 0 Å². The Morgan fingerprint density at radius 3 is 2.57 bits per heavy atom. The first-order valence-corrected chi connectivity index (χ1v) is 7.68. The van der Waals surface area contributed by atoms with Crippen LogP contribution in [-0.2, 0) is 4.74 Å². The van der Waals surface area contributed by atoms with Gasteiger partial charge in [0.25, 0.3) is 5.91 Å². The molecule has 2 aromatic rings. The average molecular weight is 334 g/mol. The van der Waals surface area contributed by atoms with Crippen molar-refractivity contribution in [3.63, 3.8) is 0 Å². The maximum absolute atomic E-state index is 12.6. The molecule has 1 atom stereocenters. The third kappa shape index (κ3) is 4.55. The van der Waals surface area contributed by atoms with Crippen molar-refractivity contribution in [2.45, 2.75) is 6.10 Å². The Balaban J connectivity index is 2.23. The lowest BCUT2D eigenvalue weighted by Crippen LogP contribution is -2.36. The number of methoxy groups -OCH3 is 1. The highest BCUT2D eigenvalue weighted by Crippen LogP contribution is 2.26. The predicted molar refractivity (Wildman–Crippen MR) is 91.7 cm³/mol. The van der Waals surface area contributed by atoms with Gasteiger partial charge in [-0.1, -0.05) is 48.0 Å². The molecular weight excluding hydrogens is 314 g/mol. The standard InChI is InChI=1S/C18H20ClNO3/c1-20(11-15(21)12-23-2)18(22)16-10-14(8-9-17(16)19)13-6-4-3-5-7-13/h3-10,15,21H,11-12H2,1-2H3. The Bertz CT molecular complexity index is 661. The number of aliphatic hydroxyl groups excluding tert-OH is 1. The summed E-state index contributed by atoms with van der Waals surface area (Å²) in [7, 11) is 3.14. The van der Waals surface area contributed by atoms with Crippen LogP contribution in [0.15, 0.2) is 48.5 Å². The maximum atomic E-state index is 12.6. The van der Waals surface area contributed by atoms with E-state index in [1.165, 1.54) is 12.0 Å². The number of hydrogen-bond acceptors (Lipinski definition) is 3. The predicted octanol–water partition coefficient (Wildman–Crippen LogP) is 3.09. The van der Waals surface area contributed by atoms with Crippen molar-refractivity contribution in [3.8, 4) is 11.1 Å². The summed E-state index contributed by atoms with van der Waals surface area (Å²) in [5.41, 5.74) is 2.35. The lowest BCUT2D eigenvalue weighted by Gasteiger charge is -2.21. The Hall–Kier alpha value is -1.88. The van der Waals surface area contributed by atoms with Gasteiger partial charge >= 0.3 is 0 Å². The number of hydrogen-bond donors (Lipinski definition) is 1. The van der Waals surface area contributed by atoms with Gasteiger partial charge in [0.05, 0.1) is 23.3 Å². The largest absolute Gasteiger partial charge is 0.389 e. The monoisotopic (exact) mass is 333 g/mol. The number of carbonyl (C=O) groups is 1. The zero-order valence-electron chi connectivity index (χ0n) is 13.2. The number of benzene rings is 2. The number of nitrogens with zero attached hydrogens (tertiary/aromatic N) is 1. The smallest absolute Gasteiger partial charge is 0.255 e. The van der Waals surface area contributed by atoms with Gasteiger partial charge in [-0.25, -0.2) is 0 Å². The zero-order valence-corrected chi connectivity index (χ0v) is 14.0. The van der Waals surface area contributed by atoms with E-state index in [4.69, 9.17) is 16.3 Å². The van der Waals surface area contributed by atoms with E-state index in [0.29, 0.717) is 10.6 Å². The molecule has 0 aliphatic rings. The quantitative estimate of drug-likeness (QED) is 0.883. The molecule has 0 aromatic heterocycles. The molecule has 1 amide bonds. The lowest BCUT2D eigenvalue weighted by molar-refractivity contribution is 0.0380. The van der Waals surface area contributed by atoms with Crippen molar-refractivity contribution in [1.29, 1.82) is 0 Å². The molecule has 23 heavy (non-hydrogen) atoms. The van der Waals surface area contributed by atoms with Gasteiger partial charge in [0.1, 0.15) is 0 Å². The number of amides is 1. The minimum absolute atomic E-state index is 0.176. The summed E-state index contributed by atoms with van der Waals surface area (Å²) in [5.74, 6) is -0.233. The summed E-state index contributed by atoms with van der Waals surface area (Å²) >= 11 is 6.19. The molecule has 0 radical (unpaired) electrons. The third-order valence-electron chi connectivity index (χ3n) is 3.49. The molecule has 0 saturated carbocycles. The molecule has 0 aliphatic heterocycles. The van der Waals surface area contributed by atoms with Crippen molar-refractivity contribution in [2.75, 3.05) is 27.3 Å². The number of halogens is 1. The van der Waals surface area contributed by atoms with Crippen molar-refractivity contribution in [1.82, 2.24) is 4.90 Å². The summed E-state index contributed by atoms with van der Waals surface area (Å²) < 4.78 is 4.88. The van der Waals surface area contributed by atoms with Crippen LogP contribution in [0.2, 0.25) is 5.02 Å². The number of aliphatic hydroxyl groups is 1. The van der Waals surface area contributed by atoms with Crippen LogP contribution in [0.3, 0.4) is 0 Å². The molecule has 5 heteroatoms. The number of ether oxygens (including phenoxy) is 1. The number of rotatable bonds is 6. The summed E-state index contributed by atoms with van der Waals surface area (Å²) in [4.78, 5) is 14.0. The molecule has 0 saturated heterocycles. The fraction of sp³-hybridized carbons (Fsp3) is 0.278. The third-order valence-corrected chi connectivity index (χ3v) is 3.82. The van der Waals surface area contributed by atoms with Gasteiger partial charge in [-0.3, -0.25) is 4.79 Å². The van der Waals surface area contributed by atoms with Crippen LogP contribution in [0, 0.1) is 0 Å². The van der Waals surface area contributed by atoms with Gasteiger partial charge in [-0.05, 0) is 23.3 Å². The fourth-order valence-electron chi connectivity index (χ4n) is 2.35. The second-order valence-corrected chi connectivity index (χ2v) is 5.76. The van der Waals surface area contributed by atoms with Gasteiger partial charge in [0, 0.05) is 20.7 Å². The normalized spacial score (nSPS) is 12.0. The SMILES string of the molecule is COCC(O)CN(C)C(=O)c1cc(-c2ccccc2)ccc1Cl. The Labute approximate surface area is 141 Å². The Kier molecular flexibility index (Phi) is 6.16. The topological polar surface area (TPSA) is 49.8 Å². The van der Waals surface area contributed by atoms with E-state index in [-0.39, 0.29) is 19.1 Å². The summed E-state index contributed by atoms with van der Waals surface area (Å²) in [6.45, 7) is 0.355. The molecule has 2 aromatic carbocycles. The second kappa shape index (κ2) is 8.11. The zero-order chi connectivity index (χ0) is 16.8. The summed E-state index contributed by atoms with van der Waals surface area (Å²) in [6, 6.07) is 15.2. The Morgan fingerprint density at radius 2 is 1.91 bits per heavy atom. The second-order valence-electron chi connectivity index (χ2n) is 5.36. The van der Waals surface area contributed by atoms with Gasteiger partial charge in [0.2, 0.25) is 0 Å². The van der Waals surface area contributed by atoms with Crippen LogP contribution in [0.5, 0.6) is 0 Å². The van der Waals surface area contributed by atoms with Crippen molar-refractivity contribution in [2.24, 2.45) is 0 Å². The van der Waals surface area contributed by atoms with E-state index < -0.39 is 6.10 Å². The van der Waals surface area contributed by atoms with Crippen molar-refractivity contribution >= 4 is 17.5 Å². The van der Waals surface area contributed by atoms with E-state index in [0.717, 1.165) is 11.1 Å². The van der Waals surface area contributed by atoms with Gasteiger partial charge in [-0.15, -0.1) is 0 Å². The fourth-order valence-corrected chi connectivity index (χ4v) is 2.55. The molecule has 0 bridgehead atoms. The first-order chi connectivity index (χ1) is 11.0. The molecule has 1 unspecified atom stereocenters. The molecule has 0 spiro atoms. The molecule has 1 N–H and O–H groups in total. The minimum atomic E-state index is -0.731. The van der Waals surface area contributed by atoms with Gasteiger partial charge in [0.15, 0.2) is 0 Å². The highest BCUT2D eigenvalue weighted by molar-refractivity contribution is 6.34. The van der Waals surface area contributed by atoms with Crippen LogP contribution >= 0.6 is 11.6 Å². The first kappa shape index (κ1) is 17.5. The Morgan fingerprint density at radius 1 is 1.22 bits per heavy atom. The molecule has 0 heterocycles. The van der Waals surface area contributed by atoms with Crippen molar-refractivity contribution in [3.05, 3.63) is 59.1 Å². The number of carbonyl (C=O) groups excluding carboxylic acids is 1. The molecular formula is C18H20ClNO3. The van der Waals surface area contributed by atoms with Gasteiger partial charge < -0.3 is 14.7 Å². The van der Waals surface area contributed by atoms with E-state index in [1.807, 2.05) is 36.4 Å². The van der Waals surface area contributed by atoms with Gasteiger partial charge in [-0.2, -0.15) is 0 Å². The molecule has 4 nitrogen and oxygen atoms in total. The average Bonchev–Trinajstić information content (AvgIpc) is 2.55. The van der Waals surface area contributed by atoms with E-state index in [9.17, 15) is 9.90 Å². The number of likely N-dealkylation sites (N-methyl/N-ethyl adjacent to an activating group) is 1. The molecule has 122 valence electrons. The first-order valence-electron chi connectivity index (χ1n) is 7.30. The van der Waals surface area contributed by atoms with Crippen LogP contribution in [0.4, 0.5) is 0 Å². The van der Waals surface area contributed by atoms with Crippen LogP contribution < -0.4 is 0 Å².